The van der Waals surface area contributed by atoms with E-state index >= 15 is 0 Å². The lowest BCUT2D eigenvalue weighted by Crippen LogP contribution is -2.40. The van der Waals surface area contributed by atoms with Crippen LogP contribution >= 0.6 is 12.2 Å². The highest BCUT2D eigenvalue weighted by atomic mass is 32.1. The molecular formula is C28H39N3O2S. The number of ether oxygens (including phenoxy) is 1. The number of rotatable bonds is 10. The largest absolute Gasteiger partial charge is 0.462 e. The maximum atomic E-state index is 11.9. The lowest BCUT2D eigenvalue weighted by Gasteiger charge is -2.34. The van der Waals surface area contributed by atoms with Crippen LogP contribution in [-0.4, -0.2) is 41.7 Å². The molecule has 3 rings (SSSR count). The number of fused-ring (bicyclic) bond motifs is 1. The van der Waals surface area contributed by atoms with Crippen molar-refractivity contribution in [3.63, 3.8) is 0 Å². The Hall–Kier alpha value is -2.60. The van der Waals surface area contributed by atoms with Gasteiger partial charge in [0.1, 0.15) is 0 Å². The highest BCUT2D eigenvalue weighted by Gasteiger charge is 2.20. The molecule has 1 aliphatic heterocycles. The Morgan fingerprint density at radius 2 is 1.94 bits per heavy atom. The molecule has 0 saturated carbocycles. The first-order valence-corrected chi connectivity index (χ1v) is 13.1. The fourth-order valence-electron chi connectivity index (χ4n) is 4.35. The summed E-state index contributed by atoms with van der Waals surface area (Å²) in [4.78, 5) is 16.7. The molecule has 0 unspecified atom stereocenters. The second kappa shape index (κ2) is 12.7. The zero-order valence-electron chi connectivity index (χ0n) is 21.1. The van der Waals surface area contributed by atoms with Crippen LogP contribution in [0.15, 0.2) is 42.5 Å². The Balaban J connectivity index is 1.71. The fourth-order valence-corrected chi connectivity index (χ4v) is 4.71. The summed E-state index contributed by atoms with van der Waals surface area (Å²) in [5, 5.41) is 4.06. The molecule has 0 saturated heterocycles. The van der Waals surface area contributed by atoms with Gasteiger partial charge in [0, 0.05) is 37.1 Å². The van der Waals surface area contributed by atoms with E-state index in [4.69, 9.17) is 17.0 Å². The third kappa shape index (κ3) is 6.72. The second-order valence-corrected chi connectivity index (χ2v) is 9.41. The van der Waals surface area contributed by atoms with Crippen molar-refractivity contribution in [3.8, 4) is 0 Å². The first-order chi connectivity index (χ1) is 16.5. The number of hydrogen-bond donors (Lipinski definition) is 1. The van der Waals surface area contributed by atoms with Gasteiger partial charge < -0.3 is 19.9 Å². The maximum absolute atomic E-state index is 11.9. The summed E-state index contributed by atoms with van der Waals surface area (Å²) in [6.45, 7) is 11.9. The molecule has 1 atom stereocenters. The molecule has 0 fully saturated rings. The minimum absolute atomic E-state index is 0.302. The summed E-state index contributed by atoms with van der Waals surface area (Å²) in [5.74, 6) is -0.307. The number of hydrogen-bond acceptors (Lipinski definition) is 4. The number of nitrogens with zero attached hydrogens (tertiary/aromatic N) is 2. The van der Waals surface area contributed by atoms with E-state index in [1.165, 1.54) is 36.1 Å². The van der Waals surface area contributed by atoms with E-state index in [1.807, 2.05) is 12.1 Å². The molecule has 1 heterocycles. The number of esters is 1. The molecule has 5 nitrogen and oxygen atoms in total. The van der Waals surface area contributed by atoms with E-state index in [0.717, 1.165) is 38.2 Å². The van der Waals surface area contributed by atoms with Crippen LogP contribution in [0.5, 0.6) is 0 Å². The summed E-state index contributed by atoms with van der Waals surface area (Å²) < 4.78 is 5.07. The molecule has 6 heteroatoms. The van der Waals surface area contributed by atoms with Gasteiger partial charge in [0.2, 0.25) is 0 Å². The average molecular weight is 482 g/mol. The van der Waals surface area contributed by atoms with E-state index in [1.54, 1.807) is 19.1 Å². The Morgan fingerprint density at radius 3 is 2.62 bits per heavy atom. The van der Waals surface area contributed by atoms with Gasteiger partial charge in [0.25, 0.3) is 0 Å². The fraction of sp³-hybridized carbons (Fsp3) is 0.500. The molecule has 0 aliphatic carbocycles. The molecule has 0 aromatic heterocycles. The number of unbranched alkanes of at least 4 members (excludes halogenated alkanes) is 1. The number of thiocarbonyl (C=S) groups is 1. The molecule has 184 valence electrons. The lowest BCUT2D eigenvalue weighted by atomic mass is 9.98. The molecular weight excluding hydrogens is 442 g/mol. The third-order valence-electron chi connectivity index (χ3n) is 6.52. The van der Waals surface area contributed by atoms with Gasteiger partial charge in [-0.1, -0.05) is 32.4 Å². The molecule has 1 aliphatic rings. The zero-order chi connectivity index (χ0) is 24.5. The van der Waals surface area contributed by atoms with Crippen molar-refractivity contribution in [1.82, 2.24) is 4.90 Å². The number of benzene rings is 2. The van der Waals surface area contributed by atoms with E-state index in [9.17, 15) is 4.79 Å². The van der Waals surface area contributed by atoms with Crippen LogP contribution in [0.25, 0.3) is 0 Å². The maximum Gasteiger partial charge on any atom is 0.338 e. The summed E-state index contributed by atoms with van der Waals surface area (Å²) >= 11 is 5.83. The Morgan fingerprint density at radius 1 is 1.18 bits per heavy atom. The van der Waals surface area contributed by atoms with Gasteiger partial charge in [0.15, 0.2) is 5.11 Å². The minimum atomic E-state index is -0.307. The van der Waals surface area contributed by atoms with Gasteiger partial charge in [-0.15, -0.1) is 0 Å². The average Bonchev–Trinajstić information content (AvgIpc) is 2.85. The van der Waals surface area contributed by atoms with Crippen LogP contribution in [0.2, 0.25) is 0 Å². The number of aryl methyl sites for hydroxylation is 1. The van der Waals surface area contributed by atoms with Gasteiger partial charge in [-0.25, -0.2) is 4.79 Å². The highest BCUT2D eigenvalue weighted by molar-refractivity contribution is 7.80. The molecule has 2 aromatic rings. The van der Waals surface area contributed by atoms with Crippen molar-refractivity contribution >= 4 is 34.7 Å². The molecule has 0 radical (unpaired) electrons. The quantitative estimate of drug-likeness (QED) is 0.312. The molecule has 1 N–H and O–H groups in total. The predicted octanol–water partition coefficient (Wildman–Crippen LogP) is 6.41. The summed E-state index contributed by atoms with van der Waals surface area (Å²) in [7, 11) is 0. The summed E-state index contributed by atoms with van der Waals surface area (Å²) in [5.41, 5.74) is 5.55. The standard InChI is InChI=1S/C28H39N3O2S/c1-5-8-17-30-18-9-10-24-19-22(11-16-26(24)30)20-31(21(4)6-2)28(34)29-25-14-12-23(13-15-25)27(32)33-7-3/h11-16,19,21H,5-10,17-18,20H2,1-4H3,(H,29,34)/t21-/m1/s1. The molecule has 34 heavy (non-hydrogen) atoms. The van der Waals surface area contributed by atoms with Crippen LogP contribution < -0.4 is 10.2 Å². The van der Waals surface area contributed by atoms with E-state index in [0.29, 0.717) is 23.3 Å². The Bertz CT molecular complexity index is 961. The van der Waals surface area contributed by atoms with Crippen molar-refractivity contribution in [3.05, 3.63) is 59.2 Å². The van der Waals surface area contributed by atoms with Gasteiger partial charge in [-0.05, 0) is 93.2 Å². The second-order valence-electron chi connectivity index (χ2n) is 9.02. The van der Waals surface area contributed by atoms with Gasteiger partial charge in [0.05, 0.1) is 12.2 Å². The number of nitrogens with one attached hydrogen (secondary N) is 1. The SMILES string of the molecule is CCCCN1CCCc2cc(CN(C(=S)Nc3ccc(C(=O)OCC)cc3)[C@H](C)CC)ccc21. The monoisotopic (exact) mass is 481 g/mol. The van der Waals surface area contributed by atoms with E-state index in [-0.39, 0.29) is 5.97 Å². The smallest absolute Gasteiger partial charge is 0.338 e. The molecule has 0 amide bonds. The molecule has 0 spiro atoms. The van der Waals surface area contributed by atoms with Crippen LogP contribution in [0.4, 0.5) is 11.4 Å². The Labute approximate surface area is 210 Å². The number of carbonyl (C=O) groups is 1. The third-order valence-corrected chi connectivity index (χ3v) is 6.86. The van der Waals surface area contributed by atoms with Crippen molar-refractivity contribution in [2.24, 2.45) is 0 Å². The number of anilines is 2. The van der Waals surface area contributed by atoms with Crippen LogP contribution in [0.3, 0.4) is 0 Å². The van der Waals surface area contributed by atoms with Gasteiger partial charge in [-0.2, -0.15) is 0 Å². The molecule has 0 bridgehead atoms. The predicted molar refractivity (Wildman–Crippen MR) is 146 cm³/mol. The van der Waals surface area contributed by atoms with Crippen molar-refractivity contribution in [1.29, 1.82) is 0 Å². The number of carbonyl (C=O) groups excluding carboxylic acids is 1. The normalized spacial score (nSPS) is 13.7. The van der Waals surface area contributed by atoms with E-state index < -0.39 is 0 Å². The topological polar surface area (TPSA) is 44.8 Å². The van der Waals surface area contributed by atoms with Gasteiger partial charge >= 0.3 is 5.97 Å². The minimum Gasteiger partial charge on any atom is -0.462 e. The summed E-state index contributed by atoms with van der Waals surface area (Å²) in [6.07, 6.45) is 5.83. The van der Waals surface area contributed by atoms with E-state index in [2.05, 4.69) is 54.1 Å². The van der Waals surface area contributed by atoms with Crippen molar-refractivity contribution < 1.29 is 9.53 Å². The zero-order valence-corrected chi connectivity index (χ0v) is 21.9. The Kier molecular flexibility index (Phi) is 9.75. The first-order valence-electron chi connectivity index (χ1n) is 12.7. The van der Waals surface area contributed by atoms with Crippen molar-refractivity contribution in [2.75, 3.05) is 29.9 Å². The first kappa shape index (κ1) is 26.0. The highest BCUT2D eigenvalue weighted by Crippen LogP contribution is 2.29. The molecule has 2 aromatic carbocycles. The van der Waals surface area contributed by atoms with Crippen LogP contribution in [-0.2, 0) is 17.7 Å². The summed E-state index contributed by atoms with van der Waals surface area (Å²) in [6, 6.07) is 14.5. The van der Waals surface area contributed by atoms with Crippen LogP contribution in [0.1, 0.15) is 74.9 Å². The van der Waals surface area contributed by atoms with Crippen molar-refractivity contribution in [2.45, 2.75) is 72.4 Å². The van der Waals surface area contributed by atoms with Gasteiger partial charge in [-0.3, -0.25) is 0 Å². The van der Waals surface area contributed by atoms with Crippen LogP contribution in [0, 0.1) is 0 Å². The lowest BCUT2D eigenvalue weighted by molar-refractivity contribution is 0.0526.